The zero-order valence-corrected chi connectivity index (χ0v) is 12.0. The maximum Gasteiger partial charge on any atom is 0.432 e. The molecule has 118 valence electrons. The Morgan fingerprint density at radius 2 is 1.86 bits per heavy atom. The number of nitrogens with zero attached hydrogens (tertiary/aromatic N) is 1. The number of anilines is 1. The molecule has 22 heavy (non-hydrogen) atoms. The van der Waals surface area contributed by atoms with Crippen molar-refractivity contribution in [2.45, 2.75) is 26.9 Å². The zero-order chi connectivity index (χ0) is 16.7. The molecule has 0 spiro atoms. The number of carbonyl (C=O) groups is 2. The second-order valence-electron chi connectivity index (χ2n) is 4.78. The molecule has 0 aliphatic carbocycles. The molecule has 2 rings (SSSR count). The third kappa shape index (κ3) is 2.87. The molecule has 0 unspecified atom stereocenters. The number of aryl methyl sites for hydroxylation is 1. The van der Waals surface area contributed by atoms with Crippen molar-refractivity contribution in [1.29, 1.82) is 0 Å². The molecule has 0 fully saturated rings. The lowest BCUT2D eigenvalue weighted by Crippen LogP contribution is -2.15. The van der Waals surface area contributed by atoms with Crippen LogP contribution in [0.15, 0.2) is 6.20 Å². The molecule has 3 N–H and O–H groups in total. The van der Waals surface area contributed by atoms with Crippen LogP contribution in [0.2, 0.25) is 0 Å². The van der Waals surface area contributed by atoms with Crippen LogP contribution in [0, 0.1) is 13.8 Å². The predicted octanol–water partition coefficient (Wildman–Crippen LogP) is 2.83. The maximum absolute atomic E-state index is 12.4. The average Bonchev–Trinajstić information content (AvgIpc) is 2.93. The Hall–Kier alpha value is -2.58. The van der Waals surface area contributed by atoms with Gasteiger partial charge in [-0.3, -0.25) is 14.9 Å². The topological polar surface area (TPSA) is 90.6 Å². The number of hydrogen-bond donors (Lipinski definition) is 3. The van der Waals surface area contributed by atoms with Crippen LogP contribution in [-0.4, -0.2) is 26.6 Å². The van der Waals surface area contributed by atoms with Gasteiger partial charge in [-0.1, -0.05) is 0 Å². The molecule has 0 saturated heterocycles. The number of alkyl halides is 3. The second-order valence-corrected chi connectivity index (χ2v) is 4.78. The SMILES string of the molecule is CC(=O)c1c(C)[nH]c(C(=O)Nc2ncc(C(F)(F)F)[nH]2)c1C. The Morgan fingerprint density at radius 1 is 1.23 bits per heavy atom. The molecule has 6 nitrogen and oxygen atoms in total. The lowest BCUT2D eigenvalue weighted by atomic mass is 10.1. The molecular weight excluding hydrogens is 301 g/mol. The summed E-state index contributed by atoms with van der Waals surface area (Å²) >= 11 is 0. The van der Waals surface area contributed by atoms with Gasteiger partial charge in [-0.15, -0.1) is 0 Å². The summed E-state index contributed by atoms with van der Waals surface area (Å²) in [5, 5.41) is 2.22. The van der Waals surface area contributed by atoms with Crippen molar-refractivity contribution >= 4 is 17.6 Å². The number of aromatic nitrogens is 3. The highest BCUT2D eigenvalue weighted by Gasteiger charge is 2.33. The van der Waals surface area contributed by atoms with Crippen LogP contribution >= 0.6 is 0 Å². The summed E-state index contributed by atoms with van der Waals surface area (Å²) in [6, 6.07) is 0. The van der Waals surface area contributed by atoms with Crippen molar-refractivity contribution in [3.8, 4) is 0 Å². The van der Waals surface area contributed by atoms with Gasteiger partial charge < -0.3 is 9.97 Å². The van der Waals surface area contributed by atoms with E-state index in [9.17, 15) is 22.8 Å². The quantitative estimate of drug-likeness (QED) is 0.761. The summed E-state index contributed by atoms with van der Waals surface area (Å²) in [6.07, 6.45) is -3.99. The van der Waals surface area contributed by atoms with E-state index in [4.69, 9.17) is 0 Å². The standard InChI is InChI=1S/C13H13F3N4O2/c1-5-9(7(3)21)6(2)18-10(5)11(22)20-12-17-4-8(19-12)13(14,15)16/h4,18H,1-3H3,(H2,17,19,20,22). The molecular formula is C13H13F3N4O2. The van der Waals surface area contributed by atoms with Crippen molar-refractivity contribution in [3.63, 3.8) is 0 Å². The van der Waals surface area contributed by atoms with E-state index in [1.54, 1.807) is 13.8 Å². The summed E-state index contributed by atoms with van der Waals surface area (Å²) < 4.78 is 37.3. The summed E-state index contributed by atoms with van der Waals surface area (Å²) in [6.45, 7) is 4.58. The number of H-pyrrole nitrogens is 2. The van der Waals surface area contributed by atoms with E-state index >= 15 is 0 Å². The first kappa shape index (κ1) is 15.8. The van der Waals surface area contributed by atoms with Crippen LogP contribution in [0.3, 0.4) is 0 Å². The Bertz CT molecular complexity index is 743. The van der Waals surface area contributed by atoms with Gasteiger partial charge in [-0.25, -0.2) is 4.98 Å². The highest BCUT2D eigenvalue weighted by Crippen LogP contribution is 2.28. The number of rotatable bonds is 3. The maximum atomic E-state index is 12.4. The molecule has 1 amide bonds. The highest BCUT2D eigenvalue weighted by atomic mass is 19.4. The molecule has 0 radical (unpaired) electrons. The Kier molecular flexibility index (Phi) is 3.82. The van der Waals surface area contributed by atoms with Crippen molar-refractivity contribution in [1.82, 2.24) is 15.0 Å². The number of hydrogen-bond acceptors (Lipinski definition) is 3. The minimum absolute atomic E-state index is 0.104. The smallest absolute Gasteiger partial charge is 0.354 e. The molecule has 2 aromatic heterocycles. The van der Waals surface area contributed by atoms with Crippen LogP contribution < -0.4 is 5.32 Å². The van der Waals surface area contributed by atoms with Crippen LogP contribution in [0.1, 0.15) is 44.7 Å². The minimum Gasteiger partial charge on any atom is -0.354 e. The number of nitrogens with one attached hydrogen (secondary N) is 3. The van der Waals surface area contributed by atoms with Gasteiger partial charge in [-0.05, 0) is 26.3 Å². The van der Waals surface area contributed by atoms with Crippen molar-refractivity contribution in [2.24, 2.45) is 0 Å². The van der Waals surface area contributed by atoms with Gasteiger partial charge in [0.15, 0.2) is 5.78 Å². The van der Waals surface area contributed by atoms with E-state index in [0.717, 1.165) is 0 Å². The largest absolute Gasteiger partial charge is 0.432 e. The second kappa shape index (κ2) is 5.32. The molecule has 0 aliphatic heterocycles. The molecule has 0 saturated carbocycles. The van der Waals surface area contributed by atoms with Crippen molar-refractivity contribution in [2.75, 3.05) is 5.32 Å². The number of imidazole rings is 1. The van der Waals surface area contributed by atoms with E-state index in [0.29, 0.717) is 23.0 Å². The first-order valence-electron chi connectivity index (χ1n) is 6.25. The van der Waals surface area contributed by atoms with Crippen LogP contribution in [0.4, 0.5) is 19.1 Å². The first-order valence-corrected chi connectivity index (χ1v) is 6.25. The zero-order valence-electron chi connectivity index (χ0n) is 12.0. The fourth-order valence-electron chi connectivity index (χ4n) is 2.20. The number of Topliss-reactive ketones (excluding diaryl/α,β-unsaturated/α-hetero) is 1. The number of halogens is 3. The lowest BCUT2D eigenvalue weighted by molar-refractivity contribution is -0.140. The Labute approximate surface area is 123 Å². The Morgan fingerprint density at radius 3 is 2.32 bits per heavy atom. The van der Waals surface area contributed by atoms with E-state index in [-0.39, 0.29) is 17.4 Å². The highest BCUT2D eigenvalue weighted by molar-refractivity contribution is 6.07. The van der Waals surface area contributed by atoms with Gasteiger partial charge in [0, 0.05) is 11.3 Å². The van der Waals surface area contributed by atoms with Gasteiger partial charge in [0.1, 0.15) is 11.4 Å². The van der Waals surface area contributed by atoms with Gasteiger partial charge in [-0.2, -0.15) is 13.2 Å². The third-order valence-electron chi connectivity index (χ3n) is 3.13. The normalized spacial score (nSPS) is 11.5. The van der Waals surface area contributed by atoms with Crippen LogP contribution in [-0.2, 0) is 6.18 Å². The van der Waals surface area contributed by atoms with E-state index in [1.807, 2.05) is 4.98 Å². The van der Waals surface area contributed by atoms with E-state index < -0.39 is 17.8 Å². The lowest BCUT2D eigenvalue weighted by Gasteiger charge is -2.03. The predicted molar refractivity (Wildman–Crippen MR) is 71.8 cm³/mol. The summed E-state index contributed by atoms with van der Waals surface area (Å²) in [4.78, 5) is 31.8. The number of ketones is 1. The Balaban J connectivity index is 2.25. The van der Waals surface area contributed by atoms with Gasteiger partial charge in [0.2, 0.25) is 5.95 Å². The van der Waals surface area contributed by atoms with Gasteiger partial charge in [0.05, 0.1) is 6.20 Å². The third-order valence-corrected chi connectivity index (χ3v) is 3.13. The molecule has 9 heteroatoms. The van der Waals surface area contributed by atoms with E-state index in [1.165, 1.54) is 6.92 Å². The van der Waals surface area contributed by atoms with Crippen molar-refractivity contribution < 1.29 is 22.8 Å². The molecule has 0 atom stereocenters. The average molecular weight is 314 g/mol. The number of amides is 1. The first-order chi connectivity index (χ1) is 10.1. The van der Waals surface area contributed by atoms with Crippen molar-refractivity contribution in [3.05, 3.63) is 34.4 Å². The molecule has 2 heterocycles. The molecule has 0 aliphatic rings. The van der Waals surface area contributed by atoms with Crippen LogP contribution in [0.25, 0.3) is 0 Å². The summed E-state index contributed by atoms with van der Waals surface area (Å²) in [5.41, 5.74) is 0.385. The van der Waals surface area contributed by atoms with Gasteiger partial charge in [0.25, 0.3) is 5.91 Å². The van der Waals surface area contributed by atoms with Crippen LogP contribution in [0.5, 0.6) is 0 Å². The molecule has 0 aromatic carbocycles. The van der Waals surface area contributed by atoms with Gasteiger partial charge >= 0.3 is 6.18 Å². The monoisotopic (exact) mass is 314 g/mol. The fourth-order valence-corrected chi connectivity index (χ4v) is 2.20. The number of aromatic amines is 2. The minimum atomic E-state index is -4.57. The number of carbonyl (C=O) groups excluding carboxylic acids is 2. The molecule has 2 aromatic rings. The summed E-state index contributed by atoms with van der Waals surface area (Å²) in [7, 11) is 0. The van der Waals surface area contributed by atoms with E-state index in [2.05, 4.69) is 15.3 Å². The molecule has 0 bridgehead atoms. The summed E-state index contributed by atoms with van der Waals surface area (Å²) in [5.74, 6) is -1.22. The fraction of sp³-hybridized carbons (Fsp3) is 0.308.